The first-order chi connectivity index (χ1) is 15.0. The van der Waals surface area contributed by atoms with Crippen molar-refractivity contribution < 1.29 is 13.9 Å². The molecule has 10 heteroatoms. The van der Waals surface area contributed by atoms with E-state index in [0.29, 0.717) is 34.8 Å². The van der Waals surface area contributed by atoms with Crippen LogP contribution in [0.4, 0.5) is 4.39 Å². The van der Waals surface area contributed by atoms with Gasteiger partial charge in [-0.3, -0.25) is 18.6 Å². The Morgan fingerprint density at radius 3 is 2.94 bits per heavy atom. The van der Waals surface area contributed by atoms with Gasteiger partial charge >= 0.3 is 0 Å². The highest BCUT2D eigenvalue weighted by Gasteiger charge is 2.14. The van der Waals surface area contributed by atoms with Crippen LogP contribution in [0.25, 0.3) is 16.7 Å². The number of nitrogens with zero attached hydrogens (tertiary/aromatic N) is 3. The fourth-order valence-corrected chi connectivity index (χ4v) is 3.72. The van der Waals surface area contributed by atoms with Gasteiger partial charge in [0.25, 0.3) is 5.56 Å². The van der Waals surface area contributed by atoms with Gasteiger partial charge in [0.2, 0.25) is 16.5 Å². The maximum atomic E-state index is 13.7. The molecule has 0 atom stereocenters. The van der Waals surface area contributed by atoms with Crippen LogP contribution in [-0.4, -0.2) is 38.7 Å². The molecule has 2 N–H and O–H groups in total. The topological polar surface area (TPSA) is 93.4 Å². The molecule has 2 heterocycles. The maximum Gasteiger partial charge on any atom is 0.262 e. The second-order valence-electron chi connectivity index (χ2n) is 7.01. The number of hydrogen-bond donors (Lipinski definition) is 2. The van der Waals surface area contributed by atoms with Crippen LogP contribution in [0.15, 0.2) is 47.3 Å². The van der Waals surface area contributed by atoms with Gasteiger partial charge in [0, 0.05) is 13.1 Å². The largest absolute Gasteiger partial charge is 0.497 e. The third kappa shape index (κ3) is 4.19. The summed E-state index contributed by atoms with van der Waals surface area (Å²) < 4.78 is 22.2. The monoisotopic (exact) mass is 441 g/mol. The number of carbonyl (C=O) groups excluding carboxylic acids is 1. The maximum absolute atomic E-state index is 13.7. The number of aryl methyl sites for hydroxylation is 1. The number of amides is 1. The van der Waals surface area contributed by atoms with Gasteiger partial charge in [-0.15, -0.1) is 5.10 Å². The Hall–Kier alpha value is -3.53. The summed E-state index contributed by atoms with van der Waals surface area (Å²) in [6.45, 7) is 0.654. The minimum Gasteiger partial charge on any atom is -0.497 e. The zero-order chi connectivity index (χ0) is 22.0. The van der Waals surface area contributed by atoms with E-state index in [-0.39, 0.29) is 29.8 Å². The molecule has 0 aliphatic carbocycles. The van der Waals surface area contributed by atoms with Crippen molar-refractivity contribution in [2.45, 2.75) is 19.4 Å². The van der Waals surface area contributed by atoms with Crippen LogP contribution < -0.4 is 15.6 Å². The Kier molecular flexibility index (Phi) is 5.81. The average Bonchev–Trinajstić information content (AvgIpc) is 3.14. The quantitative estimate of drug-likeness (QED) is 0.340. The Bertz CT molecular complexity index is 1390. The lowest BCUT2D eigenvalue weighted by molar-refractivity contribution is -0.120. The second-order valence-corrected chi connectivity index (χ2v) is 7.40. The highest BCUT2D eigenvalue weighted by molar-refractivity contribution is 7.71. The summed E-state index contributed by atoms with van der Waals surface area (Å²) in [6.07, 6.45) is 0.713. The van der Waals surface area contributed by atoms with E-state index in [9.17, 15) is 14.0 Å². The number of aromatic amines is 1. The number of hydrogen-bond acceptors (Lipinski definition) is 5. The molecule has 0 radical (unpaired) electrons. The third-order valence-electron chi connectivity index (χ3n) is 4.95. The molecule has 160 valence electrons. The molecule has 0 saturated heterocycles. The van der Waals surface area contributed by atoms with Crippen molar-refractivity contribution in [3.8, 4) is 5.75 Å². The van der Waals surface area contributed by atoms with E-state index in [2.05, 4.69) is 15.5 Å². The molecule has 0 spiro atoms. The lowest BCUT2D eigenvalue weighted by Gasteiger charge is -2.11. The molecular weight excluding hydrogens is 421 g/mol. The number of nitrogens with one attached hydrogen (secondary N) is 2. The van der Waals surface area contributed by atoms with Crippen LogP contribution in [0.5, 0.6) is 5.75 Å². The van der Waals surface area contributed by atoms with Gasteiger partial charge in [0.1, 0.15) is 11.6 Å². The van der Waals surface area contributed by atoms with E-state index in [1.165, 1.54) is 22.8 Å². The molecule has 0 aliphatic rings. The summed E-state index contributed by atoms with van der Waals surface area (Å²) in [5, 5.41) is 9.89. The third-order valence-corrected chi connectivity index (χ3v) is 5.22. The second kappa shape index (κ2) is 8.68. The van der Waals surface area contributed by atoms with Crippen molar-refractivity contribution >= 4 is 34.8 Å². The van der Waals surface area contributed by atoms with Gasteiger partial charge in [-0.1, -0.05) is 12.1 Å². The molecule has 2 aromatic heterocycles. The SMILES string of the molecule is COc1cccc(CC(=O)NCCCn2c(=O)c3cc(F)ccc3n3c(=S)[nH]nc23)c1. The highest BCUT2D eigenvalue weighted by Crippen LogP contribution is 2.15. The van der Waals surface area contributed by atoms with Crippen LogP contribution in [0.1, 0.15) is 12.0 Å². The molecule has 0 bridgehead atoms. The van der Waals surface area contributed by atoms with Crippen LogP contribution in [-0.2, 0) is 17.8 Å². The van der Waals surface area contributed by atoms with E-state index in [1.54, 1.807) is 11.5 Å². The Labute approximate surface area is 181 Å². The number of benzene rings is 2. The van der Waals surface area contributed by atoms with Gasteiger partial charge < -0.3 is 10.1 Å². The Balaban J connectivity index is 1.47. The fraction of sp³-hybridized carbons (Fsp3) is 0.238. The number of rotatable bonds is 7. The average molecular weight is 441 g/mol. The van der Waals surface area contributed by atoms with E-state index in [0.717, 1.165) is 5.56 Å². The lowest BCUT2D eigenvalue weighted by atomic mass is 10.1. The standard InChI is InChI=1S/C21H20FN5O3S/c1-30-15-5-2-4-13(10-15)11-18(28)23-8-3-9-26-19(29)16-12-14(22)6-7-17(16)27-20(26)24-25-21(27)31/h2,4-7,10,12H,3,8-9,11H2,1H3,(H,23,28)(H,25,31). The molecule has 4 rings (SSSR count). The molecule has 8 nitrogen and oxygen atoms in total. The van der Waals surface area contributed by atoms with Crippen molar-refractivity contribution in [2.24, 2.45) is 0 Å². The molecular formula is C21H20FN5O3S. The highest BCUT2D eigenvalue weighted by atomic mass is 32.1. The first-order valence-electron chi connectivity index (χ1n) is 9.67. The van der Waals surface area contributed by atoms with Gasteiger partial charge in [0.15, 0.2) is 0 Å². The molecule has 0 aliphatic heterocycles. The summed E-state index contributed by atoms with van der Waals surface area (Å²) in [5.41, 5.74) is 0.971. The van der Waals surface area contributed by atoms with Crippen molar-refractivity contribution in [2.75, 3.05) is 13.7 Å². The molecule has 1 amide bonds. The number of carbonyl (C=O) groups is 1. The van der Waals surface area contributed by atoms with Crippen molar-refractivity contribution in [1.82, 2.24) is 24.5 Å². The van der Waals surface area contributed by atoms with Crippen LogP contribution in [0, 0.1) is 10.6 Å². The Morgan fingerprint density at radius 2 is 2.13 bits per heavy atom. The number of H-pyrrole nitrogens is 1. The first-order valence-corrected chi connectivity index (χ1v) is 10.1. The molecule has 31 heavy (non-hydrogen) atoms. The number of fused-ring (bicyclic) bond motifs is 3. The van der Waals surface area contributed by atoms with Crippen LogP contribution in [0.2, 0.25) is 0 Å². The molecule has 2 aromatic carbocycles. The number of halogens is 1. The molecule has 0 saturated carbocycles. The van der Waals surface area contributed by atoms with Crippen molar-refractivity contribution in [1.29, 1.82) is 0 Å². The summed E-state index contributed by atoms with van der Waals surface area (Å²) >= 11 is 5.27. The zero-order valence-electron chi connectivity index (χ0n) is 16.7. The zero-order valence-corrected chi connectivity index (χ0v) is 17.5. The van der Waals surface area contributed by atoms with Crippen LogP contribution in [0.3, 0.4) is 0 Å². The van der Waals surface area contributed by atoms with Crippen molar-refractivity contribution in [3.05, 3.63) is 69.0 Å². The van der Waals surface area contributed by atoms with Gasteiger partial charge in [0.05, 0.1) is 24.4 Å². The molecule has 0 fully saturated rings. The molecule has 4 aromatic rings. The van der Waals surface area contributed by atoms with Gasteiger partial charge in [-0.25, -0.2) is 9.49 Å². The number of aromatic nitrogens is 4. The summed E-state index contributed by atoms with van der Waals surface area (Å²) in [4.78, 5) is 25.2. The fourth-order valence-electron chi connectivity index (χ4n) is 3.49. The summed E-state index contributed by atoms with van der Waals surface area (Å²) in [6, 6.07) is 11.3. The van der Waals surface area contributed by atoms with E-state index in [1.807, 2.05) is 24.3 Å². The van der Waals surface area contributed by atoms with E-state index in [4.69, 9.17) is 17.0 Å². The predicted octanol–water partition coefficient (Wildman–Crippen LogP) is 2.60. The van der Waals surface area contributed by atoms with Gasteiger partial charge in [-0.2, -0.15) is 0 Å². The van der Waals surface area contributed by atoms with E-state index >= 15 is 0 Å². The van der Waals surface area contributed by atoms with Gasteiger partial charge in [-0.05, 0) is 54.5 Å². The normalized spacial score (nSPS) is 11.2. The smallest absolute Gasteiger partial charge is 0.262 e. The lowest BCUT2D eigenvalue weighted by Crippen LogP contribution is -2.29. The Morgan fingerprint density at radius 1 is 1.29 bits per heavy atom. The number of ether oxygens (including phenoxy) is 1. The summed E-state index contributed by atoms with van der Waals surface area (Å²) in [7, 11) is 1.58. The minimum atomic E-state index is -0.504. The predicted molar refractivity (Wildman–Crippen MR) is 116 cm³/mol. The molecule has 0 unspecified atom stereocenters. The summed E-state index contributed by atoms with van der Waals surface area (Å²) in [5.74, 6) is 0.402. The van der Waals surface area contributed by atoms with Crippen LogP contribution >= 0.6 is 12.2 Å². The minimum absolute atomic E-state index is 0.131. The van der Waals surface area contributed by atoms with Crippen molar-refractivity contribution in [3.63, 3.8) is 0 Å². The first kappa shape index (κ1) is 20.7. The van der Waals surface area contributed by atoms with E-state index < -0.39 is 5.82 Å². The number of methoxy groups -OCH3 is 1.